The van der Waals surface area contributed by atoms with Crippen molar-refractivity contribution in [3.63, 3.8) is 0 Å². The summed E-state index contributed by atoms with van der Waals surface area (Å²) in [7, 11) is 0. The Bertz CT molecular complexity index is 399. The van der Waals surface area contributed by atoms with Crippen LogP contribution in [0.5, 0.6) is 5.75 Å². The maximum atomic E-state index is 10.9. The molecule has 1 atom stereocenters. The molecule has 1 saturated carbocycles. The summed E-state index contributed by atoms with van der Waals surface area (Å²) >= 11 is 0. The molecule has 1 aromatic carbocycles. The predicted octanol–water partition coefficient (Wildman–Crippen LogP) is 1.44. The fraction of sp³-hybridized carbons (Fsp3) is 0.500. The van der Waals surface area contributed by atoms with Crippen LogP contribution in [-0.4, -0.2) is 18.6 Å². The van der Waals surface area contributed by atoms with Crippen LogP contribution in [0.4, 0.5) is 0 Å². The molecule has 0 aromatic heterocycles. The molecule has 4 heteroatoms. The van der Waals surface area contributed by atoms with E-state index < -0.39 is 0 Å². The number of primary amides is 1. The van der Waals surface area contributed by atoms with Crippen LogP contribution >= 0.6 is 0 Å². The van der Waals surface area contributed by atoms with Crippen molar-refractivity contribution in [2.45, 2.75) is 32.4 Å². The molecule has 0 bridgehead atoms. The summed E-state index contributed by atoms with van der Waals surface area (Å²) in [4.78, 5) is 10.9. The van der Waals surface area contributed by atoms with Crippen LogP contribution in [0.1, 0.15) is 25.3 Å². The largest absolute Gasteiger partial charge is 0.493 e. The first kappa shape index (κ1) is 12.9. The zero-order valence-corrected chi connectivity index (χ0v) is 10.7. The summed E-state index contributed by atoms with van der Waals surface area (Å²) in [5.41, 5.74) is 6.42. The second-order valence-corrected chi connectivity index (χ2v) is 4.91. The topological polar surface area (TPSA) is 64.3 Å². The van der Waals surface area contributed by atoms with Gasteiger partial charge in [0.25, 0.3) is 0 Å². The highest BCUT2D eigenvalue weighted by Gasteiger charge is 2.19. The number of hydrogen-bond acceptors (Lipinski definition) is 3. The third kappa shape index (κ3) is 4.04. The van der Waals surface area contributed by atoms with Gasteiger partial charge in [0.1, 0.15) is 5.75 Å². The first-order chi connectivity index (χ1) is 8.65. The number of carbonyl (C=O) groups is 1. The fourth-order valence-corrected chi connectivity index (χ4v) is 1.56. The van der Waals surface area contributed by atoms with E-state index in [4.69, 9.17) is 10.5 Å². The van der Waals surface area contributed by atoms with E-state index >= 15 is 0 Å². The first-order valence-corrected chi connectivity index (χ1v) is 6.39. The number of amides is 1. The molecule has 1 aliphatic carbocycles. The monoisotopic (exact) mass is 248 g/mol. The minimum Gasteiger partial charge on any atom is -0.493 e. The van der Waals surface area contributed by atoms with E-state index in [0.29, 0.717) is 6.61 Å². The van der Waals surface area contributed by atoms with Gasteiger partial charge in [0, 0.05) is 12.6 Å². The predicted molar refractivity (Wildman–Crippen MR) is 70.2 cm³/mol. The van der Waals surface area contributed by atoms with Crippen molar-refractivity contribution in [3.8, 4) is 5.75 Å². The lowest BCUT2D eigenvalue weighted by atomic mass is 10.2. The van der Waals surface area contributed by atoms with E-state index in [-0.39, 0.29) is 11.8 Å². The standard InChI is InChI=1S/C14H20N2O2/c1-10(14(15)17)9-18-13-6-2-11(3-7-13)8-16-12-4-5-12/h2-3,6-7,10,12,16H,4-5,8-9H2,1H3,(H2,15,17). The summed E-state index contributed by atoms with van der Waals surface area (Å²) in [6.07, 6.45) is 2.60. The Kier molecular flexibility index (Phi) is 4.20. The number of hydrogen-bond donors (Lipinski definition) is 2. The molecule has 2 rings (SSSR count). The Balaban J connectivity index is 1.77. The van der Waals surface area contributed by atoms with E-state index in [0.717, 1.165) is 18.3 Å². The van der Waals surface area contributed by atoms with Gasteiger partial charge in [0.15, 0.2) is 0 Å². The normalized spacial score (nSPS) is 16.3. The molecule has 1 amide bonds. The SMILES string of the molecule is CC(COc1ccc(CNC2CC2)cc1)C(N)=O. The first-order valence-electron chi connectivity index (χ1n) is 6.39. The molecule has 98 valence electrons. The third-order valence-electron chi connectivity index (χ3n) is 3.08. The summed E-state index contributed by atoms with van der Waals surface area (Å²) < 4.78 is 5.50. The van der Waals surface area contributed by atoms with Crippen molar-refractivity contribution in [1.29, 1.82) is 0 Å². The summed E-state index contributed by atoms with van der Waals surface area (Å²) in [6.45, 7) is 2.99. The van der Waals surface area contributed by atoms with Crippen molar-refractivity contribution >= 4 is 5.91 Å². The molecule has 4 nitrogen and oxygen atoms in total. The van der Waals surface area contributed by atoms with Gasteiger partial charge < -0.3 is 15.8 Å². The Labute approximate surface area is 108 Å². The van der Waals surface area contributed by atoms with Gasteiger partial charge in [0.05, 0.1) is 12.5 Å². The number of benzene rings is 1. The number of carbonyl (C=O) groups excluding carboxylic acids is 1. The summed E-state index contributed by atoms with van der Waals surface area (Å²) in [6, 6.07) is 8.66. The van der Waals surface area contributed by atoms with Gasteiger partial charge in [0.2, 0.25) is 5.91 Å². The lowest BCUT2D eigenvalue weighted by Gasteiger charge is -2.10. The number of nitrogens with two attached hydrogens (primary N) is 1. The second kappa shape index (κ2) is 5.87. The molecule has 3 N–H and O–H groups in total. The highest BCUT2D eigenvalue weighted by Crippen LogP contribution is 2.20. The van der Waals surface area contributed by atoms with E-state index in [1.807, 2.05) is 24.3 Å². The lowest BCUT2D eigenvalue weighted by Crippen LogP contribution is -2.25. The molecule has 1 unspecified atom stereocenters. The average Bonchev–Trinajstić information content (AvgIpc) is 3.18. The van der Waals surface area contributed by atoms with Crippen LogP contribution in [0, 0.1) is 5.92 Å². The van der Waals surface area contributed by atoms with E-state index in [2.05, 4.69) is 5.32 Å². The molecule has 1 aliphatic rings. The van der Waals surface area contributed by atoms with Crippen molar-refractivity contribution < 1.29 is 9.53 Å². The number of ether oxygens (including phenoxy) is 1. The quantitative estimate of drug-likeness (QED) is 0.767. The summed E-state index contributed by atoms with van der Waals surface area (Å²) in [5, 5.41) is 3.46. The number of rotatable bonds is 7. The molecule has 0 heterocycles. The molecule has 1 aromatic rings. The van der Waals surface area contributed by atoms with Crippen LogP contribution < -0.4 is 15.8 Å². The van der Waals surface area contributed by atoms with Gasteiger partial charge in [-0.25, -0.2) is 0 Å². The van der Waals surface area contributed by atoms with Crippen LogP contribution in [0.15, 0.2) is 24.3 Å². The van der Waals surface area contributed by atoms with Crippen molar-refractivity contribution in [2.24, 2.45) is 11.7 Å². The molecule has 18 heavy (non-hydrogen) atoms. The van der Waals surface area contributed by atoms with Gasteiger partial charge >= 0.3 is 0 Å². The van der Waals surface area contributed by atoms with Crippen molar-refractivity contribution in [3.05, 3.63) is 29.8 Å². The number of nitrogens with one attached hydrogen (secondary N) is 1. The van der Waals surface area contributed by atoms with Crippen LogP contribution in [-0.2, 0) is 11.3 Å². The zero-order valence-electron chi connectivity index (χ0n) is 10.7. The smallest absolute Gasteiger partial charge is 0.223 e. The van der Waals surface area contributed by atoms with Crippen LogP contribution in [0.2, 0.25) is 0 Å². The molecular formula is C14H20N2O2. The van der Waals surface area contributed by atoms with Crippen LogP contribution in [0.25, 0.3) is 0 Å². The second-order valence-electron chi connectivity index (χ2n) is 4.91. The van der Waals surface area contributed by atoms with E-state index in [1.54, 1.807) is 6.92 Å². The Morgan fingerprint density at radius 2 is 2.11 bits per heavy atom. The molecule has 0 aliphatic heterocycles. The maximum Gasteiger partial charge on any atom is 0.223 e. The van der Waals surface area contributed by atoms with Gasteiger partial charge in [-0.1, -0.05) is 19.1 Å². The highest BCUT2D eigenvalue weighted by molar-refractivity contribution is 5.76. The molecule has 0 saturated heterocycles. The van der Waals surface area contributed by atoms with E-state index in [1.165, 1.54) is 18.4 Å². The maximum absolute atomic E-state index is 10.9. The summed E-state index contributed by atoms with van der Waals surface area (Å²) in [5.74, 6) is 0.180. The van der Waals surface area contributed by atoms with Gasteiger partial charge in [-0.15, -0.1) is 0 Å². The average molecular weight is 248 g/mol. The fourth-order valence-electron chi connectivity index (χ4n) is 1.56. The molecule has 0 spiro atoms. The Morgan fingerprint density at radius 3 is 2.67 bits per heavy atom. The molecule has 0 radical (unpaired) electrons. The van der Waals surface area contributed by atoms with Gasteiger partial charge in [-0.3, -0.25) is 4.79 Å². The van der Waals surface area contributed by atoms with Gasteiger partial charge in [-0.05, 0) is 30.5 Å². The van der Waals surface area contributed by atoms with Gasteiger partial charge in [-0.2, -0.15) is 0 Å². The Morgan fingerprint density at radius 1 is 1.44 bits per heavy atom. The molecular weight excluding hydrogens is 228 g/mol. The Hall–Kier alpha value is -1.55. The van der Waals surface area contributed by atoms with Crippen LogP contribution in [0.3, 0.4) is 0 Å². The van der Waals surface area contributed by atoms with Crippen molar-refractivity contribution in [1.82, 2.24) is 5.32 Å². The third-order valence-corrected chi connectivity index (χ3v) is 3.08. The zero-order chi connectivity index (χ0) is 13.0. The minimum absolute atomic E-state index is 0.263. The van der Waals surface area contributed by atoms with Crippen molar-refractivity contribution in [2.75, 3.05) is 6.61 Å². The molecule has 1 fully saturated rings. The minimum atomic E-state index is -0.333. The lowest BCUT2D eigenvalue weighted by molar-refractivity contribution is -0.122. The highest BCUT2D eigenvalue weighted by atomic mass is 16.5. The van der Waals surface area contributed by atoms with E-state index in [9.17, 15) is 4.79 Å².